The lowest BCUT2D eigenvalue weighted by Gasteiger charge is -2.32. The minimum atomic E-state index is -3.80. The number of aryl methyl sites for hydroxylation is 1. The topological polar surface area (TPSA) is 86.8 Å². The SMILES string of the molecule is CCCNC(=O)[C@H](C)N(Cc1cccc(C)c1)C(=O)CN(c1cccc(Cl)c1C)S(C)(=O)=O. The zero-order valence-corrected chi connectivity index (χ0v) is 21.3. The van der Waals surface area contributed by atoms with Crippen LogP contribution in [0.2, 0.25) is 5.02 Å². The molecule has 0 saturated heterocycles. The third-order valence-corrected chi connectivity index (χ3v) is 6.87. The van der Waals surface area contributed by atoms with Gasteiger partial charge >= 0.3 is 0 Å². The second kappa shape index (κ2) is 11.5. The molecule has 33 heavy (non-hydrogen) atoms. The van der Waals surface area contributed by atoms with Gasteiger partial charge in [-0.2, -0.15) is 0 Å². The minimum Gasteiger partial charge on any atom is -0.354 e. The molecule has 0 bridgehead atoms. The van der Waals surface area contributed by atoms with Crippen LogP contribution in [0.1, 0.15) is 37.0 Å². The third kappa shape index (κ3) is 7.20. The molecule has 0 aliphatic heterocycles. The van der Waals surface area contributed by atoms with Crippen LogP contribution >= 0.6 is 11.6 Å². The number of carbonyl (C=O) groups excluding carboxylic acids is 2. The van der Waals surface area contributed by atoms with Crippen LogP contribution in [0.5, 0.6) is 0 Å². The molecule has 2 rings (SSSR count). The van der Waals surface area contributed by atoms with E-state index in [1.54, 1.807) is 32.0 Å². The Hall–Kier alpha value is -2.58. The molecule has 0 radical (unpaired) electrons. The largest absolute Gasteiger partial charge is 0.354 e. The van der Waals surface area contributed by atoms with Crippen molar-refractivity contribution in [2.75, 3.05) is 23.7 Å². The van der Waals surface area contributed by atoms with Gasteiger partial charge in [-0.15, -0.1) is 0 Å². The molecule has 0 aliphatic carbocycles. The second-order valence-electron chi connectivity index (χ2n) is 8.13. The maximum Gasteiger partial charge on any atom is 0.244 e. The molecule has 1 N–H and O–H groups in total. The molecule has 0 aromatic heterocycles. The Labute approximate surface area is 201 Å². The average molecular weight is 494 g/mol. The average Bonchev–Trinajstić information content (AvgIpc) is 2.75. The van der Waals surface area contributed by atoms with Crippen molar-refractivity contribution in [2.24, 2.45) is 0 Å². The van der Waals surface area contributed by atoms with Crippen LogP contribution in [-0.4, -0.2) is 50.5 Å². The van der Waals surface area contributed by atoms with Crippen LogP contribution in [0.15, 0.2) is 42.5 Å². The number of sulfonamides is 1. The Morgan fingerprint density at radius 3 is 2.39 bits per heavy atom. The van der Waals surface area contributed by atoms with Gasteiger partial charge in [-0.3, -0.25) is 13.9 Å². The number of rotatable bonds is 10. The lowest BCUT2D eigenvalue weighted by molar-refractivity contribution is -0.139. The standard InChI is InChI=1S/C24H32ClN3O4S/c1-6-13-26-24(30)19(4)27(15-20-10-7-9-17(2)14-20)23(29)16-28(33(5,31)32)22-12-8-11-21(25)18(22)3/h7-12,14,19H,6,13,15-16H2,1-5H3,(H,26,30)/t19-/m0/s1. The fourth-order valence-electron chi connectivity index (χ4n) is 3.45. The van der Waals surface area contributed by atoms with Crippen LogP contribution in [0, 0.1) is 13.8 Å². The molecule has 2 amide bonds. The first kappa shape index (κ1) is 26.7. The van der Waals surface area contributed by atoms with E-state index < -0.39 is 28.5 Å². The quantitative estimate of drug-likeness (QED) is 0.547. The number of hydrogen-bond acceptors (Lipinski definition) is 4. The molecule has 0 saturated carbocycles. The zero-order valence-electron chi connectivity index (χ0n) is 19.8. The van der Waals surface area contributed by atoms with Crippen LogP contribution in [0.25, 0.3) is 0 Å². The highest BCUT2D eigenvalue weighted by atomic mass is 35.5. The Bertz CT molecular complexity index is 1100. The Kier molecular flexibility index (Phi) is 9.31. The van der Waals surface area contributed by atoms with E-state index in [0.29, 0.717) is 22.8 Å². The first-order valence-electron chi connectivity index (χ1n) is 10.8. The van der Waals surface area contributed by atoms with Crippen molar-refractivity contribution in [1.29, 1.82) is 0 Å². The summed E-state index contributed by atoms with van der Waals surface area (Å²) >= 11 is 6.20. The van der Waals surface area contributed by atoms with Gasteiger partial charge in [0, 0.05) is 18.1 Å². The number of benzene rings is 2. The number of anilines is 1. The number of hydrogen-bond donors (Lipinski definition) is 1. The first-order valence-corrected chi connectivity index (χ1v) is 13.0. The van der Waals surface area contributed by atoms with E-state index >= 15 is 0 Å². The van der Waals surface area contributed by atoms with Gasteiger partial charge in [0.25, 0.3) is 0 Å². The summed E-state index contributed by atoms with van der Waals surface area (Å²) in [4.78, 5) is 27.6. The van der Waals surface area contributed by atoms with E-state index in [1.807, 2.05) is 38.1 Å². The van der Waals surface area contributed by atoms with Gasteiger partial charge in [-0.1, -0.05) is 54.4 Å². The molecule has 9 heteroatoms. The predicted octanol–water partition coefficient (Wildman–Crippen LogP) is 3.67. The molecule has 0 aliphatic rings. The Morgan fingerprint density at radius 2 is 1.79 bits per heavy atom. The molecule has 7 nitrogen and oxygen atoms in total. The summed E-state index contributed by atoms with van der Waals surface area (Å²) in [5.41, 5.74) is 2.76. The van der Waals surface area contributed by atoms with Gasteiger partial charge in [-0.25, -0.2) is 8.42 Å². The van der Waals surface area contributed by atoms with Gasteiger partial charge in [0.15, 0.2) is 0 Å². The normalized spacial score (nSPS) is 12.2. The van der Waals surface area contributed by atoms with Crippen molar-refractivity contribution >= 4 is 39.1 Å². The summed E-state index contributed by atoms with van der Waals surface area (Å²) in [7, 11) is -3.80. The van der Waals surface area contributed by atoms with Crippen molar-refractivity contribution in [3.05, 3.63) is 64.2 Å². The molecule has 1 atom stereocenters. The van der Waals surface area contributed by atoms with Crippen molar-refractivity contribution in [2.45, 2.75) is 46.7 Å². The van der Waals surface area contributed by atoms with Gasteiger partial charge in [0.05, 0.1) is 11.9 Å². The molecular formula is C24H32ClN3O4S. The van der Waals surface area contributed by atoms with Crippen molar-refractivity contribution in [3.8, 4) is 0 Å². The van der Waals surface area contributed by atoms with Crippen molar-refractivity contribution < 1.29 is 18.0 Å². The van der Waals surface area contributed by atoms with Gasteiger partial charge in [-0.05, 0) is 50.5 Å². The van der Waals surface area contributed by atoms with Crippen LogP contribution in [0.4, 0.5) is 5.69 Å². The fraction of sp³-hybridized carbons (Fsp3) is 0.417. The summed E-state index contributed by atoms with van der Waals surface area (Å²) in [6.45, 7) is 7.45. The minimum absolute atomic E-state index is 0.174. The highest BCUT2D eigenvalue weighted by Crippen LogP contribution is 2.28. The summed E-state index contributed by atoms with van der Waals surface area (Å²) in [6.07, 6.45) is 1.81. The smallest absolute Gasteiger partial charge is 0.244 e. The van der Waals surface area contributed by atoms with Crippen molar-refractivity contribution in [3.63, 3.8) is 0 Å². The van der Waals surface area contributed by atoms with Crippen LogP contribution in [0.3, 0.4) is 0 Å². The maximum absolute atomic E-state index is 13.5. The number of amides is 2. The van der Waals surface area contributed by atoms with E-state index in [1.165, 1.54) is 4.90 Å². The summed E-state index contributed by atoms with van der Waals surface area (Å²) in [5, 5.41) is 3.21. The lowest BCUT2D eigenvalue weighted by atomic mass is 10.1. The zero-order chi connectivity index (χ0) is 24.8. The van der Waals surface area contributed by atoms with Gasteiger partial charge in [0.2, 0.25) is 21.8 Å². The highest BCUT2D eigenvalue weighted by Gasteiger charge is 2.30. The van der Waals surface area contributed by atoms with Gasteiger partial charge < -0.3 is 10.2 Å². The number of nitrogens with zero attached hydrogens (tertiary/aromatic N) is 2. The number of carbonyl (C=O) groups is 2. The summed E-state index contributed by atoms with van der Waals surface area (Å²) < 4.78 is 26.3. The Balaban J connectivity index is 2.42. The van der Waals surface area contributed by atoms with E-state index in [2.05, 4.69) is 5.32 Å². The maximum atomic E-state index is 13.5. The van der Waals surface area contributed by atoms with Crippen LogP contribution < -0.4 is 9.62 Å². The molecule has 2 aromatic carbocycles. The first-order chi connectivity index (χ1) is 15.5. The van der Waals surface area contributed by atoms with E-state index in [9.17, 15) is 18.0 Å². The summed E-state index contributed by atoms with van der Waals surface area (Å²) in [5.74, 6) is -0.775. The highest BCUT2D eigenvalue weighted by molar-refractivity contribution is 7.92. The molecule has 0 heterocycles. The molecule has 2 aromatic rings. The van der Waals surface area contributed by atoms with Gasteiger partial charge in [0.1, 0.15) is 12.6 Å². The number of halogens is 1. The molecule has 180 valence electrons. The Morgan fingerprint density at radius 1 is 1.12 bits per heavy atom. The molecule has 0 unspecified atom stereocenters. The monoisotopic (exact) mass is 493 g/mol. The summed E-state index contributed by atoms with van der Waals surface area (Å²) in [6, 6.07) is 11.8. The fourth-order valence-corrected chi connectivity index (χ4v) is 4.52. The molecular weight excluding hydrogens is 462 g/mol. The molecule has 0 fully saturated rings. The second-order valence-corrected chi connectivity index (χ2v) is 10.4. The van der Waals surface area contributed by atoms with Crippen molar-refractivity contribution in [1.82, 2.24) is 10.2 Å². The number of nitrogens with one attached hydrogen (secondary N) is 1. The third-order valence-electron chi connectivity index (χ3n) is 5.34. The van der Waals surface area contributed by atoms with Crippen LogP contribution in [-0.2, 0) is 26.2 Å². The molecule has 0 spiro atoms. The van der Waals surface area contributed by atoms with E-state index in [0.717, 1.165) is 28.1 Å². The lowest BCUT2D eigenvalue weighted by Crippen LogP contribution is -2.51. The van der Waals surface area contributed by atoms with E-state index in [4.69, 9.17) is 11.6 Å². The predicted molar refractivity (Wildman–Crippen MR) is 133 cm³/mol. The van der Waals surface area contributed by atoms with E-state index in [-0.39, 0.29) is 12.5 Å².